The molecule has 54 valence electrons. The molecule has 10 heavy (non-hydrogen) atoms. The summed E-state index contributed by atoms with van der Waals surface area (Å²) in [5, 5.41) is 27.4. The van der Waals surface area contributed by atoms with Gasteiger partial charge in [-0.3, -0.25) is 25.3 Å². The molecular formula is C2H5N2NaO5. The maximum atomic E-state index is 9.58. The first-order valence-electron chi connectivity index (χ1n) is 1.90. The van der Waals surface area contributed by atoms with Crippen LogP contribution in [0.3, 0.4) is 0 Å². The van der Waals surface area contributed by atoms with Crippen molar-refractivity contribution in [1.82, 2.24) is 0 Å². The van der Waals surface area contributed by atoms with Gasteiger partial charge in [0.05, 0.1) is 0 Å². The summed E-state index contributed by atoms with van der Waals surface area (Å²) in [6.07, 6.45) is 0. The second-order valence-electron chi connectivity index (χ2n) is 1.49. The molecule has 0 rings (SSSR count). The van der Waals surface area contributed by atoms with E-state index in [9.17, 15) is 20.2 Å². The molecule has 8 heteroatoms. The van der Waals surface area contributed by atoms with E-state index in [0.29, 0.717) is 6.92 Å². The summed E-state index contributed by atoms with van der Waals surface area (Å²) >= 11 is 0. The number of nitrogens with zero attached hydrogens (tertiary/aromatic N) is 2. The normalized spacial score (nSPS) is 9.80. The zero-order valence-corrected chi connectivity index (χ0v) is 4.47. The van der Waals surface area contributed by atoms with Crippen LogP contribution in [0.25, 0.3) is 0 Å². The van der Waals surface area contributed by atoms with E-state index in [1.165, 1.54) is 0 Å². The van der Waals surface area contributed by atoms with E-state index in [1.807, 2.05) is 0 Å². The number of rotatable bonds is 2. The van der Waals surface area contributed by atoms with Crippen molar-refractivity contribution in [3.8, 4) is 0 Å². The Hall–Kier alpha value is -0.240. The van der Waals surface area contributed by atoms with Gasteiger partial charge < -0.3 is 0 Å². The predicted octanol–water partition coefficient (Wildman–Crippen LogP) is -1.44. The summed E-state index contributed by atoms with van der Waals surface area (Å²) in [6, 6.07) is 0. The molecule has 0 unspecified atom stereocenters. The van der Waals surface area contributed by atoms with Crippen molar-refractivity contribution in [2.75, 3.05) is 0 Å². The van der Waals surface area contributed by atoms with Crippen molar-refractivity contribution in [2.45, 2.75) is 12.8 Å². The zero-order valence-electron chi connectivity index (χ0n) is 4.47. The van der Waals surface area contributed by atoms with Crippen LogP contribution in [-0.2, 0) is 0 Å². The summed E-state index contributed by atoms with van der Waals surface area (Å²) in [5.41, 5.74) is 0. The molecule has 0 amide bonds. The first-order valence-corrected chi connectivity index (χ1v) is 1.90. The molecule has 0 heterocycles. The van der Waals surface area contributed by atoms with Crippen LogP contribution in [0.5, 0.6) is 0 Å². The molecule has 0 aromatic carbocycles. The van der Waals surface area contributed by atoms with Crippen molar-refractivity contribution in [2.24, 2.45) is 0 Å². The Kier molecular flexibility index (Phi) is 4.74. The average Bonchev–Trinajstić information content (AvgIpc) is 1.65. The van der Waals surface area contributed by atoms with Gasteiger partial charge in [0.25, 0.3) is 0 Å². The number of hydrogen-bond acceptors (Lipinski definition) is 5. The topological polar surface area (TPSA) is 107 Å². The van der Waals surface area contributed by atoms with Gasteiger partial charge in [-0.25, -0.2) is 0 Å². The van der Waals surface area contributed by atoms with Gasteiger partial charge in [0.15, 0.2) is 0 Å². The fourth-order valence-corrected chi connectivity index (χ4v) is 0.0667. The van der Waals surface area contributed by atoms with Gasteiger partial charge in [0.2, 0.25) is 0 Å². The average molecular weight is 160 g/mol. The van der Waals surface area contributed by atoms with Crippen molar-refractivity contribution in [1.29, 1.82) is 0 Å². The molecule has 0 aliphatic heterocycles. The molecule has 7 nitrogen and oxygen atoms in total. The SMILES string of the molecule is CC(O)([N+](=O)[O-])[N+](=O)[O-].[NaH]. The third-order valence-electron chi connectivity index (χ3n) is 0.692. The molecule has 0 fully saturated rings. The van der Waals surface area contributed by atoms with Gasteiger partial charge in [-0.15, -0.1) is 0 Å². The molecular weight excluding hydrogens is 155 g/mol. The molecule has 0 spiro atoms. The van der Waals surface area contributed by atoms with E-state index in [0.717, 1.165) is 0 Å². The molecule has 0 bridgehead atoms. The van der Waals surface area contributed by atoms with E-state index in [4.69, 9.17) is 5.11 Å². The molecule has 0 aliphatic carbocycles. The summed E-state index contributed by atoms with van der Waals surface area (Å²) in [5.74, 6) is -3.06. The zero-order chi connectivity index (χ0) is 7.65. The quantitative estimate of drug-likeness (QED) is 0.230. The van der Waals surface area contributed by atoms with E-state index in [1.54, 1.807) is 0 Å². The summed E-state index contributed by atoms with van der Waals surface area (Å²) in [6.45, 7) is 0.493. The maximum absolute atomic E-state index is 9.58. The van der Waals surface area contributed by atoms with Gasteiger partial charge in [0.1, 0.15) is 16.8 Å². The van der Waals surface area contributed by atoms with Gasteiger partial charge in [-0.05, 0) is 0 Å². The Morgan fingerprint density at radius 1 is 1.30 bits per heavy atom. The summed E-state index contributed by atoms with van der Waals surface area (Å²) < 4.78 is 0. The van der Waals surface area contributed by atoms with Crippen molar-refractivity contribution in [3.05, 3.63) is 20.2 Å². The Morgan fingerprint density at radius 2 is 1.50 bits per heavy atom. The fourth-order valence-electron chi connectivity index (χ4n) is 0.0667. The molecule has 0 atom stereocenters. The van der Waals surface area contributed by atoms with Crippen LogP contribution in [0.2, 0.25) is 0 Å². The Morgan fingerprint density at radius 3 is 1.50 bits per heavy atom. The molecule has 0 aromatic rings. The first-order chi connectivity index (χ1) is 3.89. The minimum atomic E-state index is -3.06. The molecule has 0 aromatic heterocycles. The van der Waals surface area contributed by atoms with Crippen LogP contribution in [-0.4, -0.2) is 50.4 Å². The number of hydrogen-bond donors (Lipinski definition) is 1. The Labute approximate surface area is 77.6 Å². The van der Waals surface area contributed by atoms with Crippen LogP contribution in [0.4, 0.5) is 0 Å². The van der Waals surface area contributed by atoms with Gasteiger partial charge in [-0.2, -0.15) is 0 Å². The Bertz CT molecular complexity index is 140. The second-order valence-corrected chi connectivity index (χ2v) is 1.49. The van der Waals surface area contributed by atoms with E-state index >= 15 is 0 Å². The molecule has 1 N–H and O–H groups in total. The van der Waals surface area contributed by atoms with Gasteiger partial charge >= 0.3 is 35.4 Å². The monoisotopic (exact) mass is 160 g/mol. The van der Waals surface area contributed by atoms with Crippen LogP contribution >= 0.6 is 0 Å². The van der Waals surface area contributed by atoms with Gasteiger partial charge in [-0.1, -0.05) is 0 Å². The second kappa shape index (κ2) is 3.81. The van der Waals surface area contributed by atoms with Crippen LogP contribution < -0.4 is 0 Å². The van der Waals surface area contributed by atoms with Gasteiger partial charge in [0, 0.05) is 0 Å². The molecule has 0 saturated carbocycles. The van der Waals surface area contributed by atoms with Crippen LogP contribution in [0.1, 0.15) is 6.92 Å². The predicted molar refractivity (Wildman–Crippen MR) is 31.8 cm³/mol. The van der Waals surface area contributed by atoms with Crippen molar-refractivity contribution < 1.29 is 15.0 Å². The number of aliphatic hydroxyl groups is 1. The number of nitro groups is 2. The summed E-state index contributed by atoms with van der Waals surface area (Å²) in [7, 11) is 0. The van der Waals surface area contributed by atoms with Crippen LogP contribution in [0.15, 0.2) is 0 Å². The summed E-state index contributed by atoms with van der Waals surface area (Å²) in [4.78, 5) is 16.4. The molecule has 0 saturated heterocycles. The van der Waals surface area contributed by atoms with E-state index in [2.05, 4.69) is 0 Å². The van der Waals surface area contributed by atoms with Crippen molar-refractivity contribution in [3.63, 3.8) is 0 Å². The van der Waals surface area contributed by atoms with E-state index in [-0.39, 0.29) is 29.6 Å². The third-order valence-corrected chi connectivity index (χ3v) is 0.692. The standard InChI is InChI=1S/C2H4N2O5.Na.H/c1-2(5,3(6)7)4(8)9;;/h5H,1H3;;. The molecule has 0 aliphatic rings. The van der Waals surface area contributed by atoms with E-state index < -0.39 is 15.7 Å². The first kappa shape index (κ1) is 12.4. The minimum absolute atomic E-state index is 0. The fraction of sp³-hybridized carbons (Fsp3) is 1.00. The Balaban J connectivity index is 0. The van der Waals surface area contributed by atoms with Crippen molar-refractivity contribution >= 4 is 29.6 Å². The molecule has 0 radical (unpaired) electrons. The third kappa shape index (κ3) is 2.56. The van der Waals surface area contributed by atoms with Crippen LogP contribution in [0, 0.1) is 20.2 Å².